The summed E-state index contributed by atoms with van der Waals surface area (Å²) in [5.74, 6) is -0.736. The van der Waals surface area contributed by atoms with Crippen LogP contribution in [0.5, 0.6) is 5.75 Å². The molecule has 5 rings (SSSR count). The van der Waals surface area contributed by atoms with Gasteiger partial charge in [0.15, 0.2) is 0 Å². The molecule has 1 aliphatic rings. The van der Waals surface area contributed by atoms with Gasteiger partial charge in [0.25, 0.3) is 0 Å². The van der Waals surface area contributed by atoms with E-state index in [9.17, 15) is 15.3 Å². The van der Waals surface area contributed by atoms with Gasteiger partial charge in [0.2, 0.25) is 0 Å². The topological polar surface area (TPSA) is 74.5 Å². The van der Waals surface area contributed by atoms with E-state index in [0.717, 1.165) is 27.5 Å². The van der Waals surface area contributed by atoms with Gasteiger partial charge in [-0.05, 0) is 29.7 Å². The third kappa shape index (κ3) is 2.55. The van der Waals surface area contributed by atoms with Crippen molar-refractivity contribution >= 4 is 27.5 Å². The highest BCUT2D eigenvalue weighted by Crippen LogP contribution is 2.48. The van der Waals surface area contributed by atoms with E-state index in [1.54, 1.807) is 12.1 Å². The van der Waals surface area contributed by atoms with Gasteiger partial charge in [-0.15, -0.1) is 12.2 Å². The number of phenolic OH excluding ortho intramolecular Hbond substituents is 1. The molecule has 5 heteroatoms. The van der Waals surface area contributed by atoms with Crippen molar-refractivity contribution in [3.63, 3.8) is 0 Å². The fourth-order valence-corrected chi connectivity index (χ4v) is 4.67. The van der Waals surface area contributed by atoms with Crippen LogP contribution in [0.25, 0.3) is 21.8 Å². The molecule has 3 aromatic carbocycles. The molecule has 1 saturated carbocycles. The Kier molecular flexibility index (Phi) is 4.05. The summed E-state index contributed by atoms with van der Waals surface area (Å²) in [4.78, 5) is 1.87. The van der Waals surface area contributed by atoms with E-state index in [1.165, 1.54) is 0 Å². The number of anilines is 1. The minimum Gasteiger partial charge on any atom is -0.850 e. The molecule has 0 bridgehead atoms. The molecule has 5 nitrogen and oxygen atoms in total. The third-order valence-electron chi connectivity index (χ3n) is 6.19. The third-order valence-corrected chi connectivity index (χ3v) is 6.19. The van der Waals surface area contributed by atoms with Crippen molar-refractivity contribution < 1.29 is 15.3 Å². The SMILES string of the molecule is CN(C)c1ccc(C2C([O-])C(n3c4ccccc4c4ccccc43)C2[O-])c(O)c1. The second-order valence-electron chi connectivity index (χ2n) is 7.99. The van der Waals surface area contributed by atoms with Crippen molar-refractivity contribution in [1.82, 2.24) is 4.57 Å². The zero-order valence-electron chi connectivity index (χ0n) is 16.3. The highest BCUT2D eigenvalue weighted by Gasteiger charge is 2.41. The van der Waals surface area contributed by atoms with Gasteiger partial charge in [0.1, 0.15) is 5.75 Å². The summed E-state index contributed by atoms with van der Waals surface area (Å²) >= 11 is 0. The van der Waals surface area contributed by atoms with Gasteiger partial charge in [0.05, 0.1) is 0 Å². The Morgan fingerprint density at radius 3 is 1.90 bits per heavy atom. The minimum absolute atomic E-state index is 0.0172. The summed E-state index contributed by atoms with van der Waals surface area (Å²) in [7, 11) is 3.76. The summed E-state index contributed by atoms with van der Waals surface area (Å²) < 4.78 is 1.92. The zero-order chi connectivity index (χ0) is 20.3. The Bertz CT molecular complexity index is 1150. The van der Waals surface area contributed by atoms with Crippen molar-refractivity contribution in [2.75, 3.05) is 19.0 Å². The van der Waals surface area contributed by atoms with Crippen molar-refractivity contribution in [3.8, 4) is 5.75 Å². The summed E-state index contributed by atoms with van der Waals surface area (Å²) in [6, 6.07) is 20.2. The van der Waals surface area contributed by atoms with Gasteiger partial charge in [-0.2, -0.15) is 0 Å². The van der Waals surface area contributed by atoms with Gasteiger partial charge in [-0.3, -0.25) is 0 Å². The van der Waals surface area contributed by atoms with E-state index in [1.807, 2.05) is 78.2 Å². The first-order chi connectivity index (χ1) is 14.0. The van der Waals surface area contributed by atoms with Gasteiger partial charge in [0, 0.05) is 53.7 Å². The first kappa shape index (κ1) is 18.0. The van der Waals surface area contributed by atoms with Gasteiger partial charge < -0.3 is 24.8 Å². The standard InChI is InChI=1S/C24H22N2O3/c1-25(2)14-11-12-17(20(27)13-14)21-23(28)22(24(21)29)26-18-9-5-3-7-15(18)16-8-4-6-10-19(16)26/h3-13,21-24,27H,1-2H3/q-2. The smallest absolute Gasteiger partial charge is 0.121 e. The van der Waals surface area contributed by atoms with Gasteiger partial charge in [-0.25, -0.2) is 0 Å². The van der Waals surface area contributed by atoms with Crippen LogP contribution < -0.4 is 15.1 Å². The molecule has 0 radical (unpaired) electrons. The second kappa shape index (κ2) is 6.51. The number of benzene rings is 3. The zero-order valence-corrected chi connectivity index (χ0v) is 16.3. The lowest BCUT2D eigenvalue weighted by molar-refractivity contribution is -0.543. The molecule has 1 heterocycles. The summed E-state index contributed by atoms with van der Waals surface area (Å²) in [5.41, 5.74) is 3.10. The maximum atomic E-state index is 13.3. The van der Waals surface area contributed by atoms with Crippen molar-refractivity contribution in [1.29, 1.82) is 0 Å². The summed E-state index contributed by atoms with van der Waals surface area (Å²) in [6.45, 7) is 0. The van der Waals surface area contributed by atoms with E-state index >= 15 is 0 Å². The lowest BCUT2D eigenvalue weighted by atomic mass is 9.69. The van der Waals surface area contributed by atoms with Gasteiger partial charge in [-0.1, -0.05) is 42.5 Å². The first-order valence-electron chi connectivity index (χ1n) is 9.78. The lowest BCUT2D eigenvalue weighted by Gasteiger charge is -2.62. The molecule has 29 heavy (non-hydrogen) atoms. The largest absolute Gasteiger partial charge is 0.850 e. The number of rotatable bonds is 3. The molecule has 1 aromatic heterocycles. The molecule has 2 atom stereocenters. The van der Waals surface area contributed by atoms with Crippen LogP contribution in [-0.4, -0.2) is 36.0 Å². The fraction of sp³-hybridized carbons (Fsp3) is 0.250. The van der Waals surface area contributed by atoms with Crippen LogP contribution in [0.15, 0.2) is 66.7 Å². The lowest BCUT2D eigenvalue weighted by Crippen LogP contribution is -2.65. The molecule has 148 valence electrons. The Morgan fingerprint density at radius 2 is 1.38 bits per heavy atom. The van der Waals surface area contributed by atoms with Crippen LogP contribution in [0.2, 0.25) is 0 Å². The molecule has 4 aromatic rings. The Hall–Kier alpha value is -3.02. The van der Waals surface area contributed by atoms with Crippen LogP contribution in [0.1, 0.15) is 17.5 Å². The number of nitrogens with zero attached hydrogens (tertiary/aromatic N) is 2. The van der Waals surface area contributed by atoms with E-state index in [-0.39, 0.29) is 5.75 Å². The number of aromatic hydroxyl groups is 1. The number of fused-ring (bicyclic) bond motifs is 3. The molecule has 0 spiro atoms. The molecule has 1 N–H and O–H groups in total. The van der Waals surface area contributed by atoms with E-state index in [0.29, 0.717) is 5.56 Å². The average molecular weight is 386 g/mol. The maximum Gasteiger partial charge on any atom is 0.121 e. The highest BCUT2D eigenvalue weighted by molar-refractivity contribution is 6.08. The maximum absolute atomic E-state index is 13.3. The summed E-state index contributed by atoms with van der Waals surface area (Å²) in [5, 5.41) is 39.1. The number of phenols is 1. The molecule has 1 aliphatic carbocycles. The van der Waals surface area contributed by atoms with Crippen LogP contribution in [0, 0.1) is 0 Å². The molecule has 2 unspecified atom stereocenters. The Balaban J connectivity index is 1.58. The quantitative estimate of drug-likeness (QED) is 0.587. The number of hydrogen-bond acceptors (Lipinski definition) is 4. The van der Waals surface area contributed by atoms with E-state index < -0.39 is 24.2 Å². The number of para-hydroxylation sites is 2. The monoisotopic (exact) mass is 386 g/mol. The van der Waals surface area contributed by atoms with Crippen molar-refractivity contribution in [2.45, 2.75) is 24.2 Å². The first-order valence-corrected chi connectivity index (χ1v) is 9.78. The van der Waals surface area contributed by atoms with E-state index in [2.05, 4.69) is 0 Å². The molecular formula is C24H22N2O3-2. The average Bonchev–Trinajstić information content (AvgIpc) is 3.04. The van der Waals surface area contributed by atoms with Crippen LogP contribution in [0.4, 0.5) is 5.69 Å². The predicted octanol–water partition coefficient (Wildman–Crippen LogP) is 2.36. The molecule has 0 aliphatic heterocycles. The number of hydrogen-bond donors (Lipinski definition) is 1. The number of aromatic nitrogens is 1. The minimum atomic E-state index is -1.12. The Morgan fingerprint density at radius 1 is 0.828 bits per heavy atom. The second-order valence-corrected chi connectivity index (χ2v) is 7.99. The van der Waals surface area contributed by atoms with Crippen LogP contribution >= 0.6 is 0 Å². The van der Waals surface area contributed by atoms with E-state index in [4.69, 9.17) is 0 Å². The van der Waals surface area contributed by atoms with Crippen LogP contribution in [-0.2, 0) is 0 Å². The van der Waals surface area contributed by atoms with Crippen molar-refractivity contribution in [3.05, 3.63) is 72.3 Å². The normalized spacial score (nSPS) is 24.0. The van der Waals surface area contributed by atoms with Crippen molar-refractivity contribution in [2.24, 2.45) is 0 Å². The molecule has 1 fully saturated rings. The van der Waals surface area contributed by atoms with Gasteiger partial charge >= 0.3 is 0 Å². The highest BCUT2D eigenvalue weighted by atomic mass is 16.3. The molecule has 0 saturated heterocycles. The Labute approximate surface area is 169 Å². The fourth-order valence-electron chi connectivity index (χ4n) is 4.67. The van der Waals surface area contributed by atoms with Crippen LogP contribution in [0.3, 0.4) is 0 Å². The predicted molar refractivity (Wildman–Crippen MR) is 111 cm³/mol. The molecular weight excluding hydrogens is 364 g/mol. The summed E-state index contributed by atoms with van der Waals surface area (Å²) in [6.07, 6.45) is -2.24. The molecule has 0 amide bonds.